The van der Waals surface area contributed by atoms with Crippen LogP contribution in [0.5, 0.6) is 0 Å². The van der Waals surface area contributed by atoms with Gasteiger partial charge in [0, 0.05) is 19.3 Å². The molecule has 0 saturated carbocycles. The molecule has 0 fully saturated rings. The third kappa shape index (κ3) is 5.66. The quantitative estimate of drug-likeness (QED) is 0.732. The lowest BCUT2D eigenvalue weighted by atomic mass is 10.1. The first kappa shape index (κ1) is 17.9. The Labute approximate surface area is 144 Å². The van der Waals surface area contributed by atoms with Crippen molar-refractivity contribution in [2.75, 3.05) is 32.5 Å². The molecule has 5 heteroatoms. The molecule has 0 spiro atoms. The Morgan fingerprint density at radius 1 is 1.17 bits per heavy atom. The minimum atomic E-state index is -0.0771. The molecule has 128 valence electrons. The van der Waals surface area contributed by atoms with Crippen LogP contribution in [0.4, 0.5) is 5.82 Å². The second-order valence-corrected chi connectivity index (χ2v) is 6.12. The summed E-state index contributed by atoms with van der Waals surface area (Å²) in [5.74, 6) is 0.689. The number of aryl methyl sites for hydroxylation is 1. The molecule has 0 aliphatic rings. The van der Waals surface area contributed by atoms with E-state index in [-0.39, 0.29) is 5.91 Å². The highest BCUT2D eigenvalue weighted by atomic mass is 16.1. The number of amides is 1. The number of pyridine rings is 1. The highest BCUT2D eigenvalue weighted by Gasteiger charge is 2.06. The van der Waals surface area contributed by atoms with Gasteiger partial charge < -0.3 is 15.5 Å². The Morgan fingerprint density at radius 2 is 1.96 bits per heavy atom. The van der Waals surface area contributed by atoms with Crippen LogP contribution in [0.3, 0.4) is 0 Å². The third-order valence-electron chi connectivity index (χ3n) is 3.81. The van der Waals surface area contributed by atoms with Crippen LogP contribution in [-0.4, -0.2) is 43.0 Å². The number of rotatable bonds is 8. The normalized spacial score (nSPS) is 10.7. The topological polar surface area (TPSA) is 57.3 Å². The van der Waals surface area contributed by atoms with Crippen molar-refractivity contribution in [2.45, 2.75) is 19.9 Å². The Balaban J connectivity index is 1.82. The van der Waals surface area contributed by atoms with Crippen molar-refractivity contribution in [2.24, 2.45) is 0 Å². The van der Waals surface area contributed by atoms with Gasteiger partial charge in [0.05, 0.1) is 5.56 Å². The largest absolute Gasteiger partial charge is 0.366 e. The number of carbonyl (C=O) groups excluding carboxylic acids is 1. The summed E-state index contributed by atoms with van der Waals surface area (Å²) in [5, 5.41) is 6.20. The molecule has 5 nitrogen and oxygen atoms in total. The molecule has 2 rings (SSSR count). The number of carbonyl (C=O) groups is 1. The van der Waals surface area contributed by atoms with Crippen molar-refractivity contribution < 1.29 is 4.79 Å². The first-order chi connectivity index (χ1) is 11.6. The van der Waals surface area contributed by atoms with E-state index in [1.165, 1.54) is 11.1 Å². The van der Waals surface area contributed by atoms with E-state index in [9.17, 15) is 4.79 Å². The van der Waals surface area contributed by atoms with Gasteiger partial charge in [0.2, 0.25) is 0 Å². The zero-order valence-electron chi connectivity index (χ0n) is 14.7. The summed E-state index contributed by atoms with van der Waals surface area (Å²) in [6.07, 6.45) is 2.55. The number of nitrogens with one attached hydrogen (secondary N) is 2. The van der Waals surface area contributed by atoms with Crippen LogP contribution in [0.25, 0.3) is 0 Å². The van der Waals surface area contributed by atoms with E-state index in [1.54, 1.807) is 12.3 Å². The number of nitrogens with zero attached hydrogens (tertiary/aromatic N) is 2. The van der Waals surface area contributed by atoms with Crippen LogP contribution < -0.4 is 10.6 Å². The smallest absolute Gasteiger partial charge is 0.252 e. The maximum Gasteiger partial charge on any atom is 0.252 e. The number of hydrogen-bond donors (Lipinski definition) is 2. The molecule has 0 unspecified atom stereocenters. The fraction of sp³-hybridized carbons (Fsp3) is 0.368. The van der Waals surface area contributed by atoms with Crippen molar-refractivity contribution in [1.29, 1.82) is 0 Å². The van der Waals surface area contributed by atoms with Crippen LogP contribution in [0.15, 0.2) is 42.6 Å². The molecule has 1 aromatic carbocycles. The Hall–Kier alpha value is -2.40. The predicted molar refractivity (Wildman–Crippen MR) is 98.2 cm³/mol. The SMILES string of the molecule is Cc1ccccc1CNc1ccc(C(=O)NCCCN(C)C)cn1. The molecule has 1 amide bonds. The summed E-state index contributed by atoms with van der Waals surface area (Å²) in [6, 6.07) is 11.9. The zero-order chi connectivity index (χ0) is 17.4. The van der Waals surface area contributed by atoms with Gasteiger partial charge in [-0.15, -0.1) is 0 Å². The molecule has 1 heterocycles. The van der Waals surface area contributed by atoms with Gasteiger partial charge in [-0.3, -0.25) is 4.79 Å². The molecule has 0 aliphatic carbocycles. The maximum atomic E-state index is 12.0. The van der Waals surface area contributed by atoms with Gasteiger partial charge in [0.15, 0.2) is 0 Å². The van der Waals surface area contributed by atoms with Crippen molar-refractivity contribution in [1.82, 2.24) is 15.2 Å². The number of aromatic nitrogens is 1. The number of anilines is 1. The van der Waals surface area contributed by atoms with Gasteiger partial charge in [0.25, 0.3) is 5.91 Å². The average Bonchev–Trinajstić information content (AvgIpc) is 2.58. The van der Waals surface area contributed by atoms with Gasteiger partial charge in [-0.1, -0.05) is 24.3 Å². The second-order valence-electron chi connectivity index (χ2n) is 6.12. The van der Waals surface area contributed by atoms with Crippen molar-refractivity contribution in [3.63, 3.8) is 0 Å². The molecule has 0 atom stereocenters. The molecule has 0 bridgehead atoms. The highest BCUT2D eigenvalue weighted by molar-refractivity contribution is 5.94. The zero-order valence-corrected chi connectivity index (χ0v) is 14.7. The summed E-state index contributed by atoms with van der Waals surface area (Å²) in [7, 11) is 4.04. The standard InChI is InChI=1S/C19H26N4O/c1-15-7-4-5-8-16(15)13-21-18-10-9-17(14-22-18)19(24)20-11-6-12-23(2)3/h4-5,7-10,14H,6,11-13H2,1-3H3,(H,20,24)(H,21,22). The summed E-state index contributed by atoms with van der Waals surface area (Å²) >= 11 is 0. The highest BCUT2D eigenvalue weighted by Crippen LogP contribution is 2.11. The fourth-order valence-corrected chi connectivity index (χ4v) is 2.33. The average molecular weight is 326 g/mol. The van der Waals surface area contributed by atoms with E-state index in [0.29, 0.717) is 12.1 Å². The van der Waals surface area contributed by atoms with Gasteiger partial charge >= 0.3 is 0 Å². The van der Waals surface area contributed by atoms with E-state index in [4.69, 9.17) is 0 Å². The van der Waals surface area contributed by atoms with E-state index in [0.717, 1.165) is 25.3 Å². The molecule has 1 aromatic heterocycles. The summed E-state index contributed by atoms with van der Waals surface area (Å²) < 4.78 is 0. The van der Waals surface area contributed by atoms with Crippen LogP contribution in [0.2, 0.25) is 0 Å². The van der Waals surface area contributed by atoms with Crippen LogP contribution in [0, 0.1) is 6.92 Å². The van der Waals surface area contributed by atoms with E-state index >= 15 is 0 Å². The van der Waals surface area contributed by atoms with E-state index in [2.05, 4.69) is 39.6 Å². The molecule has 0 saturated heterocycles. The first-order valence-electron chi connectivity index (χ1n) is 8.23. The third-order valence-corrected chi connectivity index (χ3v) is 3.81. The second kappa shape index (κ2) is 9.03. The minimum Gasteiger partial charge on any atom is -0.366 e. The lowest BCUT2D eigenvalue weighted by Crippen LogP contribution is -2.27. The number of hydrogen-bond acceptors (Lipinski definition) is 4. The molecular formula is C19H26N4O. The van der Waals surface area contributed by atoms with Gasteiger partial charge in [0.1, 0.15) is 5.82 Å². The predicted octanol–water partition coefficient (Wildman–Crippen LogP) is 2.68. The molecule has 2 aromatic rings. The first-order valence-corrected chi connectivity index (χ1v) is 8.23. The van der Waals surface area contributed by atoms with E-state index in [1.807, 2.05) is 32.3 Å². The van der Waals surface area contributed by atoms with Gasteiger partial charge in [-0.2, -0.15) is 0 Å². The van der Waals surface area contributed by atoms with Crippen molar-refractivity contribution in [3.8, 4) is 0 Å². The molecule has 0 radical (unpaired) electrons. The monoisotopic (exact) mass is 326 g/mol. The maximum absolute atomic E-state index is 12.0. The fourth-order valence-electron chi connectivity index (χ4n) is 2.33. The van der Waals surface area contributed by atoms with Crippen molar-refractivity contribution in [3.05, 3.63) is 59.3 Å². The molecule has 0 aliphatic heterocycles. The summed E-state index contributed by atoms with van der Waals surface area (Å²) in [4.78, 5) is 18.5. The van der Waals surface area contributed by atoms with Gasteiger partial charge in [-0.25, -0.2) is 4.98 Å². The molecular weight excluding hydrogens is 300 g/mol. The van der Waals surface area contributed by atoms with Crippen molar-refractivity contribution >= 4 is 11.7 Å². The lowest BCUT2D eigenvalue weighted by molar-refractivity contribution is 0.0952. The lowest BCUT2D eigenvalue weighted by Gasteiger charge is -2.10. The van der Waals surface area contributed by atoms with Gasteiger partial charge in [-0.05, 0) is 57.2 Å². The molecule has 24 heavy (non-hydrogen) atoms. The summed E-state index contributed by atoms with van der Waals surface area (Å²) in [6.45, 7) is 4.44. The Morgan fingerprint density at radius 3 is 2.62 bits per heavy atom. The van der Waals surface area contributed by atoms with Crippen LogP contribution >= 0.6 is 0 Å². The number of benzene rings is 1. The minimum absolute atomic E-state index is 0.0771. The van der Waals surface area contributed by atoms with Crippen LogP contribution in [-0.2, 0) is 6.54 Å². The van der Waals surface area contributed by atoms with E-state index < -0.39 is 0 Å². The summed E-state index contributed by atoms with van der Waals surface area (Å²) in [5.41, 5.74) is 3.07. The molecule has 2 N–H and O–H groups in total. The Bertz CT molecular complexity index is 653. The van der Waals surface area contributed by atoms with Crippen LogP contribution in [0.1, 0.15) is 27.9 Å². The Kier molecular flexibility index (Phi) is 6.75.